The minimum absolute atomic E-state index is 0.286. The molecule has 0 aliphatic carbocycles. The summed E-state index contributed by atoms with van der Waals surface area (Å²) in [5.41, 5.74) is 0. The van der Waals surface area contributed by atoms with Crippen LogP contribution in [-0.4, -0.2) is 64.4 Å². The molecule has 4 atom stereocenters. The molecule has 10 heteroatoms. The zero-order valence-electron chi connectivity index (χ0n) is 17.4. The third-order valence-electron chi connectivity index (χ3n) is 3.30. The second-order valence-electron chi connectivity index (χ2n) is 5.82. The van der Waals surface area contributed by atoms with E-state index in [2.05, 4.69) is 0 Å². The first-order valence-electron chi connectivity index (χ1n) is 8.95. The van der Waals surface area contributed by atoms with Crippen molar-refractivity contribution in [3.05, 3.63) is 0 Å². The van der Waals surface area contributed by atoms with Crippen molar-refractivity contribution in [2.24, 2.45) is 0 Å². The van der Waals surface area contributed by atoms with Crippen LogP contribution >= 0.6 is 23.5 Å². The lowest BCUT2D eigenvalue weighted by molar-refractivity contribution is -0.195. The van der Waals surface area contributed by atoms with Crippen LogP contribution in [0.2, 0.25) is 0 Å². The molecule has 0 radical (unpaired) electrons. The fraction of sp³-hybridized carbons (Fsp3) is 0.778. The first-order valence-corrected chi connectivity index (χ1v) is 11.0. The predicted molar refractivity (Wildman–Crippen MR) is 108 cm³/mol. The maximum Gasteiger partial charge on any atom is 0.303 e. The van der Waals surface area contributed by atoms with Crippen molar-refractivity contribution in [1.82, 2.24) is 0 Å². The van der Waals surface area contributed by atoms with Crippen molar-refractivity contribution in [2.75, 3.05) is 11.5 Å². The quantitative estimate of drug-likeness (QED) is 0.256. The predicted octanol–water partition coefficient (Wildman–Crippen LogP) is 2.57. The van der Waals surface area contributed by atoms with Crippen LogP contribution < -0.4 is 0 Å². The Bertz CT molecular complexity index is 534. The van der Waals surface area contributed by atoms with Gasteiger partial charge in [-0.25, -0.2) is 0 Å². The second-order valence-corrected chi connectivity index (χ2v) is 8.95. The smallest absolute Gasteiger partial charge is 0.303 e. The van der Waals surface area contributed by atoms with E-state index >= 15 is 0 Å². The Balaban J connectivity index is 6.15. The number of esters is 4. The van der Waals surface area contributed by atoms with Crippen molar-refractivity contribution in [1.29, 1.82) is 0 Å². The van der Waals surface area contributed by atoms with Gasteiger partial charge in [0.1, 0.15) is 6.10 Å². The van der Waals surface area contributed by atoms with Gasteiger partial charge in [0.05, 0.1) is 4.58 Å². The molecule has 0 spiro atoms. The molecular formula is C18H30O8S2. The average Bonchev–Trinajstić information content (AvgIpc) is 2.54. The van der Waals surface area contributed by atoms with E-state index in [1.807, 2.05) is 13.8 Å². The topological polar surface area (TPSA) is 105 Å². The van der Waals surface area contributed by atoms with Crippen LogP contribution in [0.5, 0.6) is 0 Å². The summed E-state index contributed by atoms with van der Waals surface area (Å²) in [5, 5.41) is 0. The molecule has 0 heterocycles. The molecular weight excluding hydrogens is 408 g/mol. The molecule has 0 aromatic rings. The third kappa shape index (κ3) is 10.2. The van der Waals surface area contributed by atoms with Crippen LogP contribution in [0.1, 0.15) is 48.5 Å². The summed E-state index contributed by atoms with van der Waals surface area (Å²) in [5.74, 6) is -0.999. The Labute approximate surface area is 174 Å². The van der Waals surface area contributed by atoms with E-state index in [1.54, 1.807) is 0 Å². The summed E-state index contributed by atoms with van der Waals surface area (Å²) in [6.45, 7) is 10.3. The van der Waals surface area contributed by atoms with Gasteiger partial charge in [0.25, 0.3) is 0 Å². The molecule has 0 aromatic carbocycles. The lowest BCUT2D eigenvalue weighted by Gasteiger charge is -2.37. The highest BCUT2D eigenvalue weighted by Crippen LogP contribution is 2.33. The van der Waals surface area contributed by atoms with E-state index in [4.69, 9.17) is 18.9 Å². The highest BCUT2D eigenvalue weighted by Gasteiger charge is 2.45. The van der Waals surface area contributed by atoms with Crippen LogP contribution in [0.25, 0.3) is 0 Å². The van der Waals surface area contributed by atoms with Crippen molar-refractivity contribution in [3.8, 4) is 0 Å². The summed E-state index contributed by atoms with van der Waals surface area (Å²) in [6, 6.07) is 0. The normalized spacial score (nSPS) is 15.1. The van der Waals surface area contributed by atoms with Gasteiger partial charge in [-0.15, -0.1) is 23.5 Å². The van der Waals surface area contributed by atoms with E-state index in [9.17, 15) is 19.2 Å². The molecule has 8 nitrogen and oxygen atoms in total. The molecule has 0 saturated heterocycles. The van der Waals surface area contributed by atoms with E-state index < -0.39 is 48.3 Å². The maximum absolute atomic E-state index is 11.8. The van der Waals surface area contributed by atoms with Gasteiger partial charge < -0.3 is 18.9 Å². The molecule has 0 bridgehead atoms. The average molecular weight is 439 g/mol. The SMILES string of the molecule is CCSC(SCC)[C@H](OC(C)=O)[C@@H](OC(C)=O)[C@H](OC(C)=O)[C@@H](C)OC(C)=O. The maximum atomic E-state index is 11.8. The number of hydrogen-bond acceptors (Lipinski definition) is 10. The Morgan fingerprint density at radius 1 is 0.643 bits per heavy atom. The molecule has 0 fully saturated rings. The lowest BCUT2D eigenvalue weighted by atomic mass is 10.0. The molecule has 0 rings (SSSR count). The highest BCUT2D eigenvalue weighted by molar-refractivity contribution is 8.17. The van der Waals surface area contributed by atoms with Crippen molar-refractivity contribution in [2.45, 2.75) is 77.5 Å². The first kappa shape index (κ1) is 26.6. The van der Waals surface area contributed by atoms with Gasteiger partial charge in [0.15, 0.2) is 18.3 Å². The van der Waals surface area contributed by atoms with Gasteiger partial charge in [-0.2, -0.15) is 0 Å². The fourth-order valence-electron chi connectivity index (χ4n) is 2.50. The van der Waals surface area contributed by atoms with Gasteiger partial charge >= 0.3 is 23.9 Å². The van der Waals surface area contributed by atoms with Gasteiger partial charge in [-0.3, -0.25) is 19.2 Å². The van der Waals surface area contributed by atoms with Gasteiger partial charge in [0.2, 0.25) is 0 Å². The molecule has 0 N–H and O–H groups in total. The highest BCUT2D eigenvalue weighted by atomic mass is 32.2. The second kappa shape index (κ2) is 13.7. The van der Waals surface area contributed by atoms with Crippen molar-refractivity contribution in [3.63, 3.8) is 0 Å². The van der Waals surface area contributed by atoms with Crippen LogP contribution in [0.3, 0.4) is 0 Å². The Morgan fingerprint density at radius 3 is 1.36 bits per heavy atom. The van der Waals surface area contributed by atoms with E-state index in [1.165, 1.54) is 58.1 Å². The summed E-state index contributed by atoms with van der Waals surface area (Å²) in [7, 11) is 0. The van der Waals surface area contributed by atoms with Crippen molar-refractivity contribution >= 4 is 47.4 Å². The Morgan fingerprint density at radius 2 is 1.00 bits per heavy atom. The van der Waals surface area contributed by atoms with E-state index in [-0.39, 0.29) is 4.58 Å². The number of thioether (sulfide) groups is 2. The molecule has 0 aliphatic heterocycles. The Kier molecular flexibility index (Phi) is 13.0. The fourth-order valence-corrected chi connectivity index (χ4v) is 5.16. The Hall–Kier alpha value is -1.42. The van der Waals surface area contributed by atoms with Gasteiger partial charge in [0, 0.05) is 27.7 Å². The molecule has 0 aromatic heterocycles. The standard InChI is InChI=1S/C18H30O8S2/c1-8-27-18(28-9-2)17(26-14(7)22)16(25-13(6)21)15(24-12(5)20)10(3)23-11(4)19/h10,15-18H,8-9H2,1-7H3/t10-,15-,16+,17-/m1/s1. The van der Waals surface area contributed by atoms with Crippen LogP contribution in [0, 0.1) is 0 Å². The monoisotopic (exact) mass is 438 g/mol. The largest absolute Gasteiger partial charge is 0.459 e. The van der Waals surface area contributed by atoms with E-state index in [0.717, 1.165) is 11.5 Å². The number of hydrogen-bond donors (Lipinski definition) is 0. The minimum Gasteiger partial charge on any atom is -0.459 e. The number of carbonyl (C=O) groups excluding carboxylic acids is 4. The first-order chi connectivity index (χ1) is 13.0. The molecule has 0 saturated carbocycles. The zero-order valence-corrected chi connectivity index (χ0v) is 19.0. The molecule has 0 unspecified atom stereocenters. The summed E-state index contributed by atoms with van der Waals surface area (Å²) in [6.07, 6.45) is -4.14. The summed E-state index contributed by atoms with van der Waals surface area (Å²) >= 11 is 3.03. The lowest BCUT2D eigenvalue weighted by Crippen LogP contribution is -2.53. The third-order valence-corrected chi connectivity index (χ3v) is 5.98. The van der Waals surface area contributed by atoms with Crippen molar-refractivity contribution < 1.29 is 38.1 Å². The van der Waals surface area contributed by atoms with Crippen LogP contribution in [-0.2, 0) is 38.1 Å². The summed E-state index contributed by atoms with van der Waals surface area (Å²) in [4.78, 5) is 46.7. The number of carbonyl (C=O) groups is 4. The van der Waals surface area contributed by atoms with Crippen LogP contribution in [0.15, 0.2) is 0 Å². The zero-order chi connectivity index (χ0) is 21.9. The van der Waals surface area contributed by atoms with Crippen LogP contribution in [0.4, 0.5) is 0 Å². The molecule has 0 aliphatic rings. The van der Waals surface area contributed by atoms with Gasteiger partial charge in [-0.1, -0.05) is 13.8 Å². The molecule has 162 valence electrons. The van der Waals surface area contributed by atoms with E-state index in [0.29, 0.717) is 0 Å². The van der Waals surface area contributed by atoms with Gasteiger partial charge in [-0.05, 0) is 18.4 Å². The summed E-state index contributed by atoms with van der Waals surface area (Å²) < 4.78 is 21.2. The molecule has 0 amide bonds. The minimum atomic E-state index is -1.15. The number of ether oxygens (including phenoxy) is 4. The number of rotatable bonds is 12. The molecule has 28 heavy (non-hydrogen) atoms.